The highest BCUT2D eigenvalue weighted by Gasteiger charge is 2.23. The molecule has 0 aliphatic carbocycles. The van der Waals surface area contributed by atoms with Crippen LogP contribution in [0.1, 0.15) is 19.4 Å². The van der Waals surface area contributed by atoms with E-state index in [0.29, 0.717) is 19.4 Å². The van der Waals surface area contributed by atoms with E-state index in [2.05, 4.69) is 15.9 Å². The van der Waals surface area contributed by atoms with Crippen molar-refractivity contribution in [3.05, 3.63) is 46.4 Å². The zero-order chi connectivity index (χ0) is 14.6. The van der Waals surface area contributed by atoms with Crippen LogP contribution in [-0.4, -0.2) is 13.2 Å². The van der Waals surface area contributed by atoms with E-state index in [1.54, 1.807) is 0 Å². The third-order valence-electron chi connectivity index (χ3n) is 2.89. The average molecular weight is 357 g/mol. The normalized spacial score (nSPS) is 11.9. The van der Waals surface area contributed by atoms with Gasteiger partial charge in [-0.05, 0) is 42.3 Å². The summed E-state index contributed by atoms with van der Waals surface area (Å²) in [6.07, 6.45) is 0.303. The Hall–Kier alpha value is -0.670. The summed E-state index contributed by atoms with van der Waals surface area (Å²) in [5.74, 6) is 0. The quantitative estimate of drug-likeness (QED) is 0.652. The summed E-state index contributed by atoms with van der Waals surface area (Å²) in [7, 11) is -3.04. The van der Waals surface area contributed by atoms with E-state index in [9.17, 15) is 4.57 Å². The fourth-order valence-electron chi connectivity index (χ4n) is 2.11. The second-order valence-electron chi connectivity index (χ2n) is 4.43. The SMILES string of the molecule is CCOP(=O)(Cc1ccc2ccc(Br)cc2c1)OCC. The van der Waals surface area contributed by atoms with Gasteiger partial charge >= 0.3 is 7.60 Å². The first-order valence-corrected chi connectivity index (χ1v) is 9.15. The lowest BCUT2D eigenvalue weighted by Crippen LogP contribution is -1.99. The molecule has 0 bridgehead atoms. The molecule has 0 aliphatic heterocycles. The monoisotopic (exact) mass is 356 g/mol. The van der Waals surface area contributed by atoms with Gasteiger partial charge in [0.1, 0.15) is 0 Å². The predicted octanol–water partition coefficient (Wildman–Crippen LogP) is 5.37. The fourth-order valence-corrected chi connectivity index (χ4v) is 4.18. The molecule has 2 rings (SSSR count). The van der Waals surface area contributed by atoms with Gasteiger partial charge in [-0.3, -0.25) is 4.57 Å². The summed E-state index contributed by atoms with van der Waals surface area (Å²) in [6.45, 7) is 4.42. The van der Waals surface area contributed by atoms with E-state index in [1.165, 1.54) is 0 Å². The number of hydrogen-bond donors (Lipinski definition) is 0. The molecule has 3 nitrogen and oxygen atoms in total. The molecule has 0 atom stereocenters. The van der Waals surface area contributed by atoms with Crippen molar-refractivity contribution in [2.75, 3.05) is 13.2 Å². The maximum Gasteiger partial charge on any atom is 0.335 e. The summed E-state index contributed by atoms with van der Waals surface area (Å²) in [4.78, 5) is 0. The fraction of sp³-hybridized carbons (Fsp3) is 0.333. The Morgan fingerprint density at radius 2 is 1.65 bits per heavy atom. The zero-order valence-electron chi connectivity index (χ0n) is 11.6. The Labute approximate surface area is 127 Å². The van der Waals surface area contributed by atoms with E-state index in [-0.39, 0.29) is 0 Å². The molecule has 0 fully saturated rings. The molecule has 20 heavy (non-hydrogen) atoms. The first kappa shape index (κ1) is 15.7. The Balaban J connectivity index is 2.30. The van der Waals surface area contributed by atoms with Crippen LogP contribution >= 0.6 is 23.5 Å². The number of hydrogen-bond acceptors (Lipinski definition) is 3. The second kappa shape index (κ2) is 6.86. The molecule has 108 valence electrons. The molecular weight excluding hydrogens is 339 g/mol. The summed E-state index contributed by atoms with van der Waals surface area (Å²) < 4.78 is 24.2. The number of fused-ring (bicyclic) bond motifs is 1. The van der Waals surface area contributed by atoms with Crippen LogP contribution in [0.5, 0.6) is 0 Å². The molecule has 5 heteroatoms. The van der Waals surface area contributed by atoms with Gasteiger partial charge in [0.25, 0.3) is 0 Å². The van der Waals surface area contributed by atoms with Gasteiger partial charge in [-0.1, -0.05) is 40.2 Å². The van der Waals surface area contributed by atoms with Gasteiger partial charge in [-0.15, -0.1) is 0 Å². The number of halogens is 1. The summed E-state index contributed by atoms with van der Waals surface area (Å²) >= 11 is 3.46. The lowest BCUT2D eigenvalue weighted by atomic mass is 10.1. The van der Waals surface area contributed by atoms with E-state index in [1.807, 2.05) is 50.2 Å². The van der Waals surface area contributed by atoms with Crippen molar-refractivity contribution >= 4 is 34.3 Å². The Kier molecular flexibility index (Phi) is 5.39. The first-order valence-electron chi connectivity index (χ1n) is 6.62. The molecule has 0 spiro atoms. The molecule has 2 aromatic rings. The second-order valence-corrected chi connectivity index (χ2v) is 7.40. The van der Waals surface area contributed by atoms with Crippen molar-refractivity contribution in [2.45, 2.75) is 20.0 Å². The highest BCUT2D eigenvalue weighted by Crippen LogP contribution is 2.51. The lowest BCUT2D eigenvalue weighted by molar-refractivity contribution is 0.219. The third kappa shape index (κ3) is 3.92. The predicted molar refractivity (Wildman–Crippen MR) is 86.2 cm³/mol. The Bertz CT molecular complexity index is 632. The molecule has 0 heterocycles. The minimum atomic E-state index is -3.04. The van der Waals surface area contributed by atoms with Crippen LogP contribution < -0.4 is 0 Å². The van der Waals surface area contributed by atoms with Crippen molar-refractivity contribution in [3.63, 3.8) is 0 Å². The molecule has 0 amide bonds. The number of benzene rings is 2. The molecule has 0 N–H and O–H groups in total. The van der Waals surface area contributed by atoms with Crippen LogP contribution in [-0.2, 0) is 19.8 Å². The Morgan fingerprint density at radius 3 is 2.30 bits per heavy atom. The van der Waals surface area contributed by atoms with Crippen molar-refractivity contribution < 1.29 is 13.6 Å². The standard InChI is InChI=1S/C15H18BrO3P/c1-3-18-20(17,19-4-2)11-12-5-6-13-7-8-15(16)10-14(13)9-12/h5-10H,3-4,11H2,1-2H3. The van der Waals surface area contributed by atoms with Crippen LogP contribution in [0.25, 0.3) is 10.8 Å². The Morgan fingerprint density at radius 1 is 1.00 bits per heavy atom. The third-order valence-corrected chi connectivity index (χ3v) is 5.44. The highest BCUT2D eigenvalue weighted by molar-refractivity contribution is 9.10. The van der Waals surface area contributed by atoms with Crippen LogP contribution in [0.3, 0.4) is 0 Å². The van der Waals surface area contributed by atoms with Crippen molar-refractivity contribution in [1.29, 1.82) is 0 Å². The molecule has 0 aromatic heterocycles. The highest BCUT2D eigenvalue weighted by atomic mass is 79.9. The van der Waals surface area contributed by atoms with Gasteiger partial charge in [0.2, 0.25) is 0 Å². The molecule has 0 saturated carbocycles. The summed E-state index contributed by atoms with van der Waals surface area (Å²) in [5.41, 5.74) is 0.959. The first-order chi connectivity index (χ1) is 9.56. The molecule has 0 saturated heterocycles. The van der Waals surface area contributed by atoms with Gasteiger partial charge in [-0.2, -0.15) is 0 Å². The molecule has 0 radical (unpaired) electrons. The van der Waals surface area contributed by atoms with Crippen molar-refractivity contribution in [1.82, 2.24) is 0 Å². The molecular formula is C15H18BrO3P. The van der Waals surface area contributed by atoms with Crippen molar-refractivity contribution in [3.8, 4) is 0 Å². The van der Waals surface area contributed by atoms with Gasteiger partial charge in [0, 0.05) is 4.47 Å². The van der Waals surface area contributed by atoms with E-state index >= 15 is 0 Å². The van der Waals surface area contributed by atoms with Gasteiger partial charge < -0.3 is 9.05 Å². The van der Waals surface area contributed by atoms with Crippen LogP contribution in [0, 0.1) is 0 Å². The number of rotatable bonds is 6. The van der Waals surface area contributed by atoms with Crippen LogP contribution in [0.2, 0.25) is 0 Å². The van der Waals surface area contributed by atoms with Crippen LogP contribution in [0.4, 0.5) is 0 Å². The minimum absolute atomic E-state index is 0.303. The molecule has 2 aromatic carbocycles. The molecule has 0 aliphatic rings. The summed E-state index contributed by atoms with van der Waals surface area (Å²) in [6, 6.07) is 12.1. The van der Waals surface area contributed by atoms with Gasteiger partial charge in [0.05, 0.1) is 19.4 Å². The largest absolute Gasteiger partial charge is 0.335 e. The van der Waals surface area contributed by atoms with E-state index in [4.69, 9.17) is 9.05 Å². The van der Waals surface area contributed by atoms with Gasteiger partial charge in [0.15, 0.2) is 0 Å². The maximum absolute atomic E-state index is 12.5. The van der Waals surface area contributed by atoms with Crippen molar-refractivity contribution in [2.24, 2.45) is 0 Å². The summed E-state index contributed by atoms with van der Waals surface area (Å²) in [5, 5.41) is 2.26. The van der Waals surface area contributed by atoms with E-state index < -0.39 is 7.60 Å². The van der Waals surface area contributed by atoms with Gasteiger partial charge in [-0.25, -0.2) is 0 Å². The maximum atomic E-state index is 12.5. The lowest BCUT2D eigenvalue weighted by Gasteiger charge is -2.17. The molecule has 0 unspecified atom stereocenters. The smallest absolute Gasteiger partial charge is 0.309 e. The van der Waals surface area contributed by atoms with E-state index in [0.717, 1.165) is 20.8 Å². The topological polar surface area (TPSA) is 35.5 Å². The minimum Gasteiger partial charge on any atom is -0.309 e. The van der Waals surface area contributed by atoms with Crippen LogP contribution in [0.15, 0.2) is 40.9 Å². The average Bonchev–Trinajstić information content (AvgIpc) is 2.38. The zero-order valence-corrected chi connectivity index (χ0v) is 14.1.